The molecule has 0 aromatic heterocycles. The summed E-state index contributed by atoms with van der Waals surface area (Å²) in [6.07, 6.45) is 1.49. The minimum absolute atomic E-state index is 0.0939. The lowest BCUT2D eigenvalue weighted by molar-refractivity contribution is -0.0177. The molecule has 2 aromatic rings. The zero-order valence-corrected chi connectivity index (χ0v) is 15.1. The van der Waals surface area contributed by atoms with Gasteiger partial charge in [0, 0.05) is 23.7 Å². The molecule has 1 N–H and O–H groups in total. The SMILES string of the molecule is CN1CCC(O)(C2Sc3ccccc3Oc3ccc(Cl)cc32)CC1. The lowest BCUT2D eigenvalue weighted by Gasteiger charge is -2.41. The van der Waals surface area contributed by atoms with Gasteiger partial charge in [-0.25, -0.2) is 0 Å². The first-order valence-corrected chi connectivity index (χ1v) is 9.45. The summed E-state index contributed by atoms with van der Waals surface area (Å²) >= 11 is 7.94. The second kappa shape index (κ2) is 6.26. The second-order valence-electron chi connectivity index (χ2n) is 6.64. The first-order chi connectivity index (χ1) is 11.5. The fourth-order valence-corrected chi connectivity index (χ4v) is 5.01. The Morgan fingerprint density at radius 2 is 1.92 bits per heavy atom. The first kappa shape index (κ1) is 16.3. The van der Waals surface area contributed by atoms with Crippen LogP contribution in [0.15, 0.2) is 47.4 Å². The van der Waals surface area contributed by atoms with E-state index in [0.717, 1.165) is 47.9 Å². The summed E-state index contributed by atoms with van der Waals surface area (Å²) in [4.78, 5) is 3.32. The van der Waals surface area contributed by atoms with E-state index in [1.807, 2.05) is 36.4 Å². The molecule has 0 spiro atoms. The summed E-state index contributed by atoms with van der Waals surface area (Å²) in [5.74, 6) is 1.62. The van der Waals surface area contributed by atoms with Crippen LogP contribution in [-0.4, -0.2) is 35.7 Å². The van der Waals surface area contributed by atoms with Gasteiger partial charge in [0.15, 0.2) is 0 Å². The zero-order valence-electron chi connectivity index (χ0n) is 13.5. The van der Waals surface area contributed by atoms with Gasteiger partial charge in [-0.2, -0.15) is 0 Å². The molecule has 126 valence electrons. The van der Waals surface area contributed by atoms with Crippen LogP contribution in [0.4, 0.5) is 0 Å². The Bertz CT molecular complexity index is 759. The molecule has 1 atom stereocenters. The number of hydrogen-bond acceptors (Lipinski definition) is 4. The molecule has 0 amide bonds. The first-order valence-electron chi connectivity index (χ1n) is 8.19. The number of ether oxygens (including phenoxy) is 1. The largest absolute Gasteiger partial charge is 0.456 e. The van der Waals surface area contributed by atoms with Crippen LogP contribution in [0.3, 0.4) is 0 Å². The Kier molecular flexibility index (Phi) is 4.25. The van der Waals surface area contributed by atoms with Crippen LogP contribution < -0.4 is 4.74 Å². The average Bonchev–Trinajstić information content (AvgIpc) is 2.74. The summed E-state index contributed by atoms with van der Waals surface area (Å²) in [7, 11) is 2.10. The highest BCUT2D eigenvalue weighted by Crippen LogP contribution is 2.54. The maximum absolute atomic E-state index is 11.5. The smallest absolute Gasteiger partial charge is 0.141 e. The van der Waals surface area contributed by atoms with Gasteiger partial charge in [-0.1, -0.05) is 23.7 Å². The summed E-state index contributed by atoms with van der Waals surface area (Å²) in [6.45, 7) is 1.79. The van der Waals surface area contributed by atoms with E-state index in [0.29, 0.717) is 5.02 Å². The number of fused-ring (bicyclic) bond motifs is 2. The van der Waals surface area contributed by atoms with Crippen LogP contribution in [-0.2, 0) is 0 Å². The van der Waals surface area contributed by atoms with Crippen LogP contribution in [0.2, 0.25) is 5.02 Å². The highest BCUT2D eigenvalue weighted by atomic mass is 35.5. The molecular formula is C19H20ClNO2S. The van der Waals surface area contributed by atoms with Crippen LogP contribution >= 0.6 is 23.4 Å². The molecule has 2 heterocycles. The Morgan fingerprint density at radius 1 is 1.17 bits per heavy atom. The van der Waals surface area contributed by atoms with Crippen molar-refractivity contribution in [3.63, 3.8) is 0 Å². The van der Waals surface area contributed by atoms with E-state index in [9.17, 15) is 5.11 Å². The van der Waals surface area contributed by atoms with Gasteiger partial charge < -0.3 is 14.7 Å². The highest BCUT2D eigenvalue weighted by Gasteiger charge is 2.43. The van der Waals surface area contributed by atoms with Crippen molar-refractivity contribution in [2.75, 3.05) is 20.1 Å². The second-order valence-corrected chi connectivity index (χ2v) is 8.22. The number of para-hydroxylation sites is 1. The van der Waals surface area contributed by atoms with Crippen LogP contribution in [0.5, 0.6) is 11.5 Å². The Hall–Kier alpha value is -1.20. The molecule has 1 unspecified atom stereocenters. The minimum Gasteiger partial charge on any atom is -0.456 e. The van der Waals surface area contributed by atoms with E-state index < -0.39 is 5.60 Å². The van der Waals surface area contributed by atoms with Crippen molar-refractivity contribution < 1.29 is 9.84 Å². The maximum Gasteiger partial charge on any atom is 0.141 e. The van der Waals surface area contributed by atoms with E-state index in [1.54, 1.807) is 11.8 Å². The molecule has 4 rings (SSSR count). The number of rotatable bonds is 1. The lowest BCUT2D eigenvalue weighted by atomic mass is 9.84. The topological polar surface area (TPSA) is 32.7 Å². The molecule has 1 saturated heterocycles. The molecule has 0 bridgehead atoms. The summed E-state index contributed by atoms with van der Waals surface area (Å²) in [5, 5.41) is 12.0. The van der Waals surface area contributed by atoms with Crippen molar-refractivity contribution in [3.05, 3.63) is 53.1 Å². The van der Waals surface area contributed by atoms with Crippen molar-refractivity contribution in [1.29, 1.82) is 0 Å². The number of benzene rings is 2. The summed E-state index contributed by atoms with van der Waals surface area (Å²) < 4.78 is 6.14. The Balaban J connectivity index is 1.81. The third-order valence-electron chi connectivity index (χ3n) is 4.91. The lowest BCUT2D eigenvalue weighted by Crippen LogP contribution is -2.45. The van der Waals surface area contributed by atoms with Gasteiger partial charge >= 0.3 is 0 Å². The van der Waals surface area contributed by atoms with E-state index >= 15 is 0 Å². The maximum atomic E-state index is 11.5. The third kappa shape index (κ3) is 2.93. The van der Waals surface area contributed by atoms with E-state index in [1.165, 1.54) is 0 Å². The number of aliphatic hydroxyl groups is 1. The van der Waals surface area contributed by atoms with Crippen molar-refractivity contribution in [1.82, 2.24) is 4.90 Å². The van der Waals surface area contributed by atoms with Gasteiger partial charge in [-0.3, -0.25) is 0 Å². The molecule has 0 saturated carbocycles. The molecular weight excluding hydrogens is 342 g/mol. The molecule has 0 radical (unpaired) electrons. The number of thioether (sulfide) groups is 1. The van der Waals surface area contributed by atoms with Crippen molar-refractivity contribution >= 4 is 23.4 Å². The summed E-state index contributed by atoms with van der Waals surface area (Å²) in [5.41, 5.74) is 0.216. The number of piperidine rings is 1. The van der Waals surface area contributed by atoms with E-state index in [-0.39, 0.29) is 5.25 Å². The number of nitrogens with zero attached hydrogens (tertiary/aromatic N) is 1. The van der Waals surface area contributed by atoms with Crippen molar-refractivity contribution in [2.24, 2.45) is 0 Å². The fourth-order valence-electron chi connectivity index (χ4n) is 3.42. The summed E-state index contributed by atoms with van der Waals surface area (Å²) in [6, 6.07) is 13.7. The molecule has 2 aromatic carbocycles. The van der Waals surface area contributed by atoms with Crippen molar-refractivity contribution in [2.45, 2.75) is 28.6 Å². The fraction of sp³-hybridized carbons (Fsp3) is 0.368. The minimum atomic E-state index is -0.766. The predicted molar refractivity (Wildman–Crippen MR) is 98.2 cm³/mol. The molecule has 3 nitrogen and oxygen atoms in total. The van der Waals surface area contributed by atoms with Gasteiger partial charge in [0.2, 0.25) is 0 Å². The normalized spacial score (nSPS) is 22.9. The molecule has 5 heteroatoms. The molecule has 0 aliphatic carbocycles. The Morgan fingerprint density at radius 3 is 2.71 bits per heavy atom. The number of hydrogen-bond donors (Lipinski definition) is 1. The van der Waals surface area contributed by atoms with Crippen LogP contribution in [0.1, 0.15) is 23.7 Å². The van der Waals surface area contributed by atoms with Crippen LogP contribution in [0, 0.1) is 0 Å². The van der Waals surface area contributed by atoms with E-state index in [2.05, 4.69) is 18.0 Å². The monoisotopic (exact) mass is 361 g/mol. The molecule has 2 aliphatic rings. The van der Waals surface area contributed by atoms with Gasteiger partial charge in [0.1, 0.15) is 11.5 Å². The molecule has 1 fully saturated rings. The highest BCUT2D eigenvalue weighted by molar-refractivity contribution is 7.99. The molecule has 2 aliphatic heterocycles. The van der Waals surface area contributed by atoms with Crippen molar-refractivity contribution in [3.8, 4) is 11.5 Å². The predicted octanol–water partition coefficient (Wildman–Crippen LogP) is 4.74. The average molecular weight is 362 g/mol. The van der Waals surface area contributed by atoms with Gasteiger partial charge in [-0.15, -0.1) is 11.8 Å². The zero-order chi connectivity index (χ0) is 16.7. The molecule has 24 heavy (non-hydrogen) atoms. The van der Waals surface area contributed by atoms with E-state index in [4.69, 9.17) is 16.3 Å². The van der Waals surface area contributed by atoms with Crippen LogP contribution in [0.25, 0.3) is 0 Å². The van der Waals surface area contributed by atoms with Gasteiger partial charge in [0.05, 0.1) is 15.7 Å². The van der Waals surface area contributed by atoms with Gasteiger partial charge in [-0.05, 0) is 50.2 Å². The van der Waals surface area contributed by atoms with Gasteiger partial charge in [0.25, 0.3) is 0 Å². The Labute approximate surface area is 151 Å². The number of halogens is 1. The number of likely N-dealkylation sites (tertiary alicyclic amines) is 1. The third-order valence-corrected chi connectivity index (χ3v) is 6.66. The quantitative estimate of drug-likeness (QED) is 0.795. The standard InChI is InChI=1S/C19H20ClNO2S/c1-21-10-8-19(22,9-11-21)18-14-12-13(20)6-7-15(14)23-16-4-2-3-5-17(16)24-18/h2-7,12,18,22H,8-11H2,1H3.